The minimum atomic E-state index is 0.284. The zero-order valence-corrected chi connectivity index (χ0v) is 37.4. The van der Waals surface area contributed by atoms with Crippen LogP contribution in [0.25, 0.3) is 131 Å². The molecule has 70 heavy (non-hydrogen) atoms. The van der Waals surface area contributed by atoms with E-state index in [0.29, 0.717) is 49.4 Å². The van der Waals surface area contributed by atoms with Gasteiger partial charge in [-0.25, -0.2) is 19.9 Å². The van der Waals surface area contributed by atoms with E-state index >= 15 is 0 Å². The van der Waals surface area contributed by atoms with Crippen LogP contribution in [0.4, 0.5) is 0 Å². The maximum Gasteiger partial charge on any atom is 0.163 e. The lowest BCUT2D eigenvalue weighted by molar-refractivity contribution is 0.0641. The molecule has 0 fully saturated rings. The molecule has 0 amide bonds. The van der Waals surface area contributed by atoms with Crippen LogP contribution < -0.4 is 18.9 Å². The Kier molecular flexibility index (Phi) is 8.64. The Labute approximate surface area is 395 Å². The van der Waals surface area contributed by atoms with E-state index in [-0.39, 0.29) is 26.4 Å². The lowest BCUT2D eigenvalue weighted by Gasteiger charge is -2.17. The minimum Gasteiger partial charge on any atom is -0.487 e. The smallest absolute Gasteiger partial charge is 0.163 e. The summed E-state index contributed by atoms with van der Waals surface area (Å²) in [6.45, 7) is 2.44. The maximum atomic E-state index is 6.42. The topological polar surface area (TPSA) is 170 Å². The Bertz CT molecular complexity index is 3910. The maximum absolute atomic E-state index is 6.42. The second-order valence-corrected chi connectivity index (χ2v) is 17.7. The molecular formula is C56H40N8O6. The highest BCUT2D eigenvalue weighted by Crippen LogP contribution is 2.44. The summed E-state index contributed by atoms with van der Waals surface area (Å²) in [5.74, 6) is 2.32. The second-order valence-electron chi connectivity index (χ2n) is 17.7. The van der Waals surface area contributed by atoms with Crippen molar-refractivity contribution in [1.82, 2.24) is 39.9 Å². The highest BCUT2D eigenvalue weighted by Gasteiger charge is 2.23. The van der Waals surface area contributed by atoms with Gasteiger partial charge in [-0.2, -0.15) is 0 Å². The van der Waals surface area contributed by atoms with Gasteiger partial charge >= 0.3 is 0 Å². The summed E-state index contributed by atoms with van der Waals surface area (Å²) >= 11 is 0. The van der Waals surface area contributed by atoms with Crippen LogP contribution in [0, 0.1) is 0 Å². The first-order chi connectivity index (χ1) is 34.7. The first-order valence-corrected chi connectivity index (χ1v) is 23.5. The van der Waals surface area contributed by atoms with Crippen LogP contribution in [0.2, 0.25) is 0 Å². The zero-order chi connectivity index (χ0) is 45.9. The summed E-state index contributed by atoms with van der Waals surface area (Å²) in [4.78, 5) is 35.6. The van der Waals surface area contributed by atoms with E-state index in [1.165, 1.54) is 0 Å². The molecule has 8 aromatic carbocycles. The van der Waals surface area contributed by atoms with Crippen molar-refractivity contribution in [3.05, 3.63) is 121 Å². The van der Waals surface area contributed by atoms with Crippen LogP contribution in [-0.4, -0.2) is 92.7 Å². The predicted octanol–water partition coefficient (Wildman–Crippen LogP) is 11.7. The van der Waals surface area contributed by atoms with Crippen molar-refractivity contribution in [2.45, 2.75) is 0 Å². The molecule has 0 bridgehead atoms. The molecule has 0 unspecified atom stereocenters. The first-order valence-electron chi connectivity index (χ1n) is 23.5. The standard InChI is InChI=1S/C56H40N8O6/c1-5-13-33-29(9-1)45-49(57-33)50-46(30-10-2-6-14-34(30)58-50)54-53(45)61-37-25-41-42(26-38(37)62-54)68-22-18-66-20-24-70-44-28-40-39(27-43(44)69-23-19-65-17-21-67-41)63-55-47-31-11-3-7-15-35(31)59-51(47)52-48(56(55)64-40)32-12-4-8-16-36(32)60-52/h1-16,25-28,61-64H,17-24H2. The first kappa shape index (κ1) is 39.3. The molecule has 14 nitrogen and oxygen atoms in total. The molecule has 14 aromatic rings. The lowest BCUT2D eigenvalue weighted by atomic mass is 10.0. The van der Waals surface area contributed by atoms with E-state index in [2.05, 4.69) is 44.2 Å². The van der Waals surface area contributed by atoms with Gasteiger partial charge in [0, 0.05) is 67.4 Å². The lowest BCUT2D eigenvalue weighted by Crippen LogP contribution is -2.15. The van der Waals surface area contributed by atoms with Crippen molar-refractivity contribution in [1.29, 1.82) is 0 Å². The molecule has 1 aliphatic rings. The molecule has 0 radical (unpaired) electrons. The largest absolute Gasteiger partial charge is 0.487 e. The van der Waals surface area contributed by atoms with Crippen molar-refractivity contribution in [3.8, 4) is 23.0 Å². The number of aromatic nitrogens is 8. The van der Waals surface area contributed by atoms with Crippen molar-refractivity contribution < 1.29 is 28.4 Å². The Morgan fingerprint density at radius 2 is 0.543 bits per heavy atom. The van der Waals surface area contributed by atoms with Crippen LogP contribution in [0.1, 0.15) is 0 Å². The molecule has 0 spiro atoms. The number of aromatic amines is 4. The van der Waals surface area contributed by atoms with Gasteiger partial charge in [-0.05, 0) is 24.3 Å². The number of para-hydroxylation sites is 4. The fourth-order valence-electron chi connectivity index (χ4n) is 10.6. The average Bonchev–Trinajstić information content (AvgIpc) is 4.18. The summed E-state index contributed by atoms with van der Waals surface area (Å²) in [5.41, 5.74) is 14.3. The van der Waals surface area contributed by atoms with Gasteiger partial charge < -0.3 is 48.4 Å². The van der Waals surface area contributed by atoms with Gasteiger partial charge in [0.05, 0.1) is 92.6 Å². The van der Waals surface area contributed by atoms with Crippen molar-refractivity contribution in [3.63, 3.8) is 0 Å². The fraction of sp³-hybridized carbons (Fsp3) is 0.143. The minimum absolute atomic E-state index is 0.284. The van der Waals surface area contributed by atoms with Gasteiger partial charge in [-0.15, -0.1) is 0 Å². The number of ether oxygens (including phenoxy) is 6. The van der Waals surface area contributed by atoms with Gasteiger partial charge in [0.15, 0.2) is 23.0 Å². The van der Waals surface area contributed by atoms with Gasteiger partial charge in [0.25, 0.3) is 0 Å². The molecule has 1 aliphatic heterocycles. The molecule has 14 heteroatoms. The number of H-pyrrole nitrogens is 4. The molecule has 0 atom stereocenters. The number of nitrogens with zero attached hydrogens (tertiary/aromatic N) is 4. The molecule has 0 saturated heterocycles. The summed E-state index contributed by atoms with van der Waals surface area (Å²) in [6, 6.07) is 40.9. The quantitative estimate of drug-likeness (QED) is 0.107. The van der Waals surface area contributed by atoms with E-state index < -0.39 is 0 Å². The molecule has 340 valence electrons. The molecule has 0 aliphatic carbocycles. The predicted molar refractivity (Wildman–Crippen MR) is 275 cm³/mol. The summed E-state index contributed by atoms with van der Waals surface area (Å²) in [5, 5.41) is 8.30. The van der Waals surface area contributed by atoms with Crippen LogP contribution >= 0.6 is 0 Å². The van der Waals surface area contributed by atoms with Gasteiger partial charge in [-0.3, -0.25) is 0 Å². The Hall–Kier alpha value is -8.72. The van der Waals surface area contributed by atoms with E-state index in [1.54, 1.807) is 0 Å². The van der Waals surface area contributed by atoms with Crippen LogP contribution in [-0.2, 0) is 9.47 Å². The number of fused-ring (bicyclic) bond motifs is 24. The summed E-state index contributed by atoms with van der Waals surface area (Å²) in [7, 11) is 0. The molecule has 4 N–H and O–H groups in total. The third kappa shape index (κ3) is 5.99. The third-order valence-electron chi connectivity index (χ3n) is 13.7. The van der Waals surface area contributed by atoms with Gasteiger partial charge in [0.1, 0.15) is 48.5 Å². The number of nitrogens with one attached hydrogen (secondary N) is 4. The third-order valence-corrected chi connectivity index (χ3v) is 13.7. The normalized spacial score (nSPS) is 14.7. The average molecular weight is 921 g/mol. The SMILES string of the molecule is c1ccc2c(c1)nc1c3nc4ccccc4c3c3[nH]c4cc5c(cc4[nH]c3c21)OCCOCCOc1cc2[nH]c3c([nH]c2cc1OCCOCCO5)c1c2ccccc2nc1c1nc2ccccc2c13. The molecule has 7 heterocycles. The molecule has 6 aromatic heterocycles. The van der Waals surface area contributed by atoms with E-state index in [4.69, 9.17) is 48.4 Å². The summed E-state index contributed by atoms with van der Waals surface area (Å²) in [6.07, 6.45) is 0. The Morgan fingerprint density at radius 1 is 0.300 bits per heavy atom. The van der Waals surface area contributed by atoms with Crippen molar-refractivity contribution >= 4 is 131 Å². The Balaban J connectivity index is 0.758. The molecular weight excluding hydrogens is 881 g/mol. The van der Waals surface area contributed by atoms with Gasteiger partial charge in [-0.1, -0.05) is 72.8 Å². The van der Waals surface area contributed by atoms with E-state index in [1.807, 2.05) is 97.1 Å². The Morgan fingerprint density at radius 3 is 0.800 bits per heavy atom. The second kappa shape index (κ2) is 15.4. The number of hydrogen-bond acceptors (Lipinski definition) is 10. The van der Waals surface area contributed by atoms with Crippen molar-refractivity contribution in [2.24, 2.45) is 0 Å². The molecule has 15 rings (SSSR count). The summed E-state index contributed by atoms with van der Waals surface area (Å²) < 4.78 is 37.9. The number of benzene rings is 8. The van der Waals surface area contributed by atoms with Crippen molar-refractivity contribution in [2.75, 3.05) is 52.9 Å². The van der Waals surface area contributed by atoms with E-state index in [9.17, 15) is 0 Å². The molecule has 0 saturated carbocycles. The zero-order valence-electron chi connectivity index (χ0n) is 37.4. The van der Waals surface area contributed by atoms with Gasteiger partial charge in [0.2, 0.25) is 0 Å². The fourth-order valence-corrected chi connectivity index (χ4v) is 10.6. The highest BCUT2D eigenvalue weighted by atomic mass is 16.6. The number of hydrogen-bond donors (Lipinski definition) is 4. The monoisotopic (exact) mass is 920 g/mol. The number of rotatable bonds is 0. The highest BCUT2D eigenvalue weighted by molar-refractivity contribution is 6.35. The van der Waals surface area contributed by atoms with E-state index in [0.717, 1.165) is 131 Å². The van der Waals surface area contributed by atoms with Crippen LogP contribution in [0.5, 0.6) is 23.0 Å². The van der Waals surface area contributed by atoms with Crippen LogP contribution in [0.15, 0.2) is 121 Å². The van der Waals surface area contributed by atoms with Crippen LogP contribution in [0.3, 0.4) is 0 Å².